The molecule has 0 spiro atoms. The highest BCUT2D eigenvalue weighted by Gasteiger charge is 2.21. The molecule has 4 rings (SSSR count). The Hall–Kier alpha value is -3.66. The molecular formula is C25H31FN6O3. The topological polar surface area (TPSA) is 97.0 Å². The summed E-state index contributed by atoms with van der Waals surface area (Å²) in [5.41, 5.74) is 2.45. The van der Waals surface area contributed by atoms with E-state index in [1.807, 2.05) is 16.8 Å². The molecule has 2 aromatic carbocycles. The minimum Gasteiger partial charge on any atom is -0.367 e. The number of carbonyl (C=O) groups excluding carboxylic acids is 3. The Morgan fingerprint density at radius 2 is 1.69 bits per heavy atom. The van der Waals surface area contributed by atoms with Gasteiger partial charge in [0.15, 0.2) is 0 Å². The van der Waals surface area contributed by atoms with Gasteiger partial charge < -0.3 is 30.7 Å². The zero-order valence-corrected chi connectivity index (χ0v) is 20.0. The third-order valence-corrected chi connectivity index (χ3v) is 6.40. The van der Waals surface area contributed by atoms with Crippen LogP contribution in [-0.2, 0) is 14.4 Å². The fourth-order valence-electron chi connectivity index (χ4n) is 4.24. The third kappa shape index (κ3) is 6.07. The standard InChI is InChI=1S/C25H31FN6O3/c1-17(18-3-8-22(21(26)15-18)31-13-11-30(2)12-14-31)28-24(34)25(35)29-19-4-6-20(7-5-19)32-10-9-27-23(33)16-32/h3-8,15,17H,9-14,16H2,1-2H3,(H,27,33)(H,28,34)(H,29,35). The van der Waals surface area contributed by atoms with Crippen molar-refractivity contribution in [2.75, 3.05) is 68.0 Å². The molecule has 2 fully saturated rings. The molecule has 0 saturated carbocycles. The Kier molecular flexibility index (Phi) is 7.50. The van der Waals surface area contributed by atoms with E-state index in [4.69, 9.17) is 0 Å². The van der Waals surface area contributed by atoms with Gasteiger partial charge in [-0.3, -0.25) is 14.4 Å². The van der Waals surface area contributed by atoms with Gasteiger partial charge in [0.05, 0.1) is 18.3 Å². The molecule has 2 aromatic rings. The first-order valence-electron chi connectivity index (χ1n) is 11.8. The minimum atomic E-state index is -0.809. The van der Waals surface area contributed by atoms with E-state index in [9.17, 15) is 18.8 Å². The number of anilines is 3. The van der Waals surface area contributed by atoms with Crippen LogP contribution in [0, 0.1) is 5.82 Å². The number of nitrogens with zero attached hydrogens (tertiary/aromatic N) is 3. The highest BCUT2D eigenvalue weighted by Crippen LogP contribution is 2.25. The Morgan fingerprint density at radius 3 is 2.34 bits per heavy atom. The summed E-state index contributed by atoms with van der Waals surface area (Å²) < 4.78 is 14.8. The summed E-state index contributed by atoms with van der Waals surface area (Å²) in [4.78, 5) is 42.5. The SMILES string of the molecule is CC(NC(=O)C(=O)Nc1ccc(N2CCNC(=O)C2)cc1)c1ccc(N2CCN(C)CC2)c(F)c1. The van der Waals surface area contributed by atoms with Gasteiger partial charge >= 0.3 is 11.8 Å². The molecular weight excluding hydrogens is 451 g/mol. The average Bonchev–Trinajstić information content (AvgIpc) is 2.85. The van der Waals surface area contributed by atoms with Crippen LogP contribution in [0.4, 0.5) is 21.5 Å². The molecule has 2 heterocycles. The first-order valence-corrected chi connectivity index (χ1v) is 11.8. The molecule has 2 aliphatic heterocycles. The third-order valence-electron chi connectivity index (χ3n) is 6.40. The molecule has 35 heavy (non-hydrogen) atoms. The van der Waals surface area contributed by atoms with Crippen molar-refractivity contribution in [1.29, 1.82) is 0 Å². The van der Waals surface area contributed by atoms with Crippen molar-refractivity contribution in [3.8, 4) is 0 Å². The van der Waals surface area contributed by atoms with Crippen molar-refractivity contribution in [2.45, 2.75) is 13.0 Å². The summed E-state index contributed by atoms with van der Waals surface area (Å²) in [5.74, 6) is -1.99. The summed E-state index contributed by atoms with van der Waals surface area (Å²) in [6.07, 6.45) is 0. The van der Waals surface area contributed by atoms with Crippen molar-refractivity contribution in [2.24, 2.45) is 0 Å². The zero-order valence-electron chi connectivity index (χ0n) is 20.0. The van der Waals surface area contributed by atoms with E-state index in [0.717, 1.165) is 31.9 Å². The number of piperazine rings is 2. The van der Waals surface area contributed by atoms with Gasteiger partial charge in [-0.1, -0.05) is 6.07 Å². The van der Waals surface area contributed by atoms with Crippen molar-refractivity contribution in [1.82, 2.24) is 15.5 Å². The van der Waals surface area contributed by atoms with Crippen molar-refractivity contribution in [3.63, 3.8) is 0 Å². The molecule has 10 heteroatoms. The molecule has 1 unspecified atom stereocenters. The Labute approximate surface area is 204 Å². The van der Waals surface area contributed by atoms with Gasteiger partial charge in [-0.15, -0.1) is 0 Å². The van der Waals surface area contributed by atoms with Crippen LogP contribution >= 0.6 is 0 Å². The normalized spacial score (nSPS) is 17.5. The van der Waals surface area contributed by atoms with E-state index in [1.165, 1.54) is 6.07 Å². The smallest absolute Gasteiger partial charge is 0.313 e. The molecule has 0 bridgehead atoms. The molecule has 2 aliphatic rings. The zero-order chi connectivity index (χ0) is 24.9. The van der Waals surface area contributed by atoms with Crippen LogP contribution < -0.4 is 25.8 Å². The van der Waals surface area contributed by atoms with Gasteiger partial charge in [0.25, 0.3) is 0 Å². The fourth-order valence-corrected chi connectivity index (χ4v) is 4.24. The maximum atomic E-state index is 14.8. The van der Waals surface area contributed by atoms with Gasteiger partial charge in [-0.2, -0.15) is 0 Å². The van der Waals surface area contributed by atoms with Crippen LogP contribution in [0.3, 0.4) is 0 Å². The summed E-state index contributed by atoms with van der Waals surface area (Å²) in [6, 6.07) is 11.3. The number of nitrogens with one attached hydrogen (secondary N) is 3. The Bertz CT molecular complexity index is 1090. The minimum absolute atomic E-state index is 0.0340. The molecule has 3 N–H and O–H groups in total. The van der Waals surface area contributed by atoms with Crippen LogP contribution in [0.25, 0.3) is 0 Å². The lowest BCUT2D eigenvalue weighted by Crippen LogP contribution is -2.47. The number of benzene rings is 2. The number of hydrogen-bond acceptors (Lipinski definition) is 6. The van der Waals surface area contributed by atoms with Crippen molar-refractivity contribution >= 4 is 34.8 Å². The highest BCUT2D eigenvalue weighted by atomic mass is 19.1. The van der Waals surface area contributed by atoms with E-state index < -0.39 is 17.9 Å². The second kappa shape index (κ2) is 10.7. The average molecular weight is 483 g/mol. The first-order chi connectivity index (χ1) is 16.8. The molecule has 0 aliphatic carbocycles. The van der Waals surface area contributed by atoms with E-state index in [0.29, 0.717) is 30.0 Å². The van der Waals surface area contributed by atoms with E-state index >= 15 is 0 Å². The predicted octanol–water partition coefficient (Wildman–Crippen LogP) is 1.33. The van der Waals surface area contributed by atoms with E-state index in [-0.39, 0.29) is 18.3 Å². The summed E-state index contributed by atoms with van der Waals surface area (Å²) >= 11 is 0. The number of likely N-dealkylation sites (N-methyl/N-ethyl adjacent to an activating group) is 1. The van der Waals surface area contributed by atoms with Crippen LogP contribution in [0.1, 0.15) is 18.5 Å². The van der Waals surface area contributed by atoms with Gasteiger partial charge in [0.1, 0.15) is 5.82 Å². The van der Waals surface area contributed by atoms with Crippen LogP contribution in [0.2, 0.25) is 0 Å². The molecule has 1 atom stereocenters. The Balaban J connectivity index is 1.31. The second-order valence-electron chi connectivity index (χ2n) is 8.97. The number of hydrogen-bond donors (Lipinski definition) is 3. The predicted molar refractivity (Wildman–Crippen MR) is 133 cm³/mol. The number of carbonyl (C=O) groups is 3. The monoisotopic (exact) mass is 482 g/mol. The second-order valence-corrected chi connectivity index (χ2v) is 8.97. The van der Waals surface area contributed by atoms with Crippen LogP contribution in [-0.4, -0.2) is 75.5 Å². The molecule has 0 aromatic heterocycles. The van der Waals surface area contributed by atoms with E-state index in [2.05, 4.69) is 20.9 Å². The molecule has 3 amide bonds. The summed E-state index contributed by atoms with van der Waals surface area (Å²) in [6.45, 7) is 6.54. The lowest BCUT2D eigenvalue weighted by Gasteiger charge is -2.34. The Morgan fingerprint density at radius 1 is 0.971 bits per heavy atom. The van der Waals surface area contributed by atoms with E-state index in [1.54, 1.807) is 43.3 Å². The van der Waals surface area contributed by atoms with Crippen LogP contribution in [0.5, 0.6) is 0 Å². The maximum absolute atomic E-state index is 14.8. The summed E-state index contributed by atoms with van der Waals surface area (Å²) in [5, 5.41) is 7.97. The largest absolute Gasteiger partial charge is 0.367 e. The van der Waals surface area contributed by atoms with Crippen LogP contribution in [0.15, 0.2) is 42.5 Å². The number of amides is 3. The van der Waals surface area contributed by atoms with Gasteiger partial charge in [-0.25, -0.2) is 4.39 Å². The van der Waals surface area contributed by atoms with Gasteiger partial charge in [0.2, 0.25) is 5.91 Å². The highest BCUT2D eigenvalue weighted by molar-refractivity contribution is 6.39. The molecule has 0 radical (unpaired) electrons. The quantitative estimate of drug-likeness (QED) is 0.557. The lowest BCUT2D eigenvalue weighted by molar-refractivity contribution is -0.136. The lowest BCUT2D eigenvalue weighted by atomic mass is 10.1. The molecule has 9 nitrogen and oxygen atoms in total. The van der Waals surface area contributed by atoms with Gasteiger partial charge in [0, 0.05) is 50.6 Å². The molecule has 2 saturated heterocycles. The summed E-state index contributed by atoms with van der Waals surface area (Å²) in [7, 11) is 2.04. The van der Waals surface area contributed by atoms with Gasteiger partial charge in [-0.05, 0) is 55.9 Å². The fraction of sp³-hybridized carbons (Fsp3) is 0.400. The molecule has 186 valence electrons. The van der Waals surface area contributed by atoms with Crippen molar-refractivity contribution in [3.05, 3.63) is 53.8 Å². The maximum Gasteiger partial charge on any atom is 0.313 e. The first kappa shape index (κ1) is 24.5. The van der Waals surface area contributed by atoms with Crippen molar-refractivity contribution < 1.29 is 18.8 Å². The number of rotatable bonds is 5. The number of halogens is 1.